The summed E-state index contributed by atoms with van der Waals surface area (Å²) in [7, 11) is 2.16. The third kappa shape index (κ3) is 3.95. The molecular formula is C14H27N3O. The van der Waals surface area contributed by atoms with Gasteiger partial charge in [0.2, 0.25) is 5.91 Å². The van der Waals surface area contributed by atoms with Gasteiger partial charge in [-0.3, -0.25) is 4.79 Å². The van der Waals surface area contributed by atoms with Crippen molar-refractivity contribution in [3.05, 3.63) is 0 Å². The monoisotopic (exact) mass is 253 g/mol. The number of piperidine rings is 1. The van der Waals surface area contributed by atoms with Crippen molar-refractivity contribution in [3.8, 4) is 0 Å². The van der Waals surface area contributed by atoms with E-state index in [9.17, 15) is 4.79 Å². The van der Waals surface area contributed by atoms with Gasteiger partial charge in [-0.2, -0.15) is 0 Å². The molecular weight excluding hydrogens is 226 g/mol. The van der Waals surface area contributed by atoms with Gasteiger partial charge < -0.3 is 15.5 Å². The van der Waals surface area contributed by atoms with Gasteiger partial charge in [0.1, 0.15) is 0 Å². The largest absolute Gasteiger partial charge is 0.352 e. The first-order valence-electron chi connectivity index (χ1n) is 7.38. The molecule has 1 saturated carbocycles. The quantitative estimate of drug-likeness (QED) is 0.789. The Morgan fingerprint density at radius 2 is 1.94 bits per heavy atom. The third-order valence-corrected chi connectivity index (χ3v) is 4.48. The molecule has 104 valence electrons. The second-order valence-electron chi connectivity index (χ2n) is 5.98. The van der Waals surface area contributed by atoms with Crippen molar-refractivity contribution in [3.63, 3.8) is 0 Å². The zero-order valence-corrected chi connectivity index (χ0v) is 11.7. The average Bonchev–Trinajstić information content (AvgIpc) is 2.84. The number of likely N-dealkylation sites (tertiary alicyclic amines) is 1. The van der Waals surface area contributed by atoms with Crippen LogP contribution in [0.25, 0.3) is 0 Å². The molecule has 1 heterocycles. The number of hydrogen-bond donors (Lipinski definition) is 2. The predicted molar refractivity (Wildman–Crippen MR) is 73.5 cm³/mol. The number of nitrogens with one attached hydrogen (secondary N) is 2. The SMILES string of the molecule is CC1CC(NC(=O)CNC2CCCC2)CCN1C. The number of carbonyl (C=O) groups is 1. The highest BCUT2D eigenvalue weighted by Crippen LogP contribution is 2.17. The van der Waals surface area contributed by atoms with Crippen molar-refractivity contribution in [2.24, 2.45) is 0 Å². The molecule has 2 unspecified atom stereocenters. The molecule has 1 amide bonds. The van der Waals surface area contributed by atoms with E-state index in [1.165, 1.54) is 25.7 Å². The lowest BCUT2D eigenvalue weighted by molar-refractivity contribution is -0.121. The zero-order valence-electron chi connectivity index (χ0n) is 11.7. The minimum absolute atomic E-state index is 0.170. The number of carbonyl (C=O) groups excluding carboxylic acids is 1. The van der Waals surface area contributed by atoms with Crippen molar-refractivity contribution < 1.29 is 4.79 Å². The van der Waals surface area contributed by atoms with Gasteiger partial charge in [-0.1, -0.05) is 12.8 Å². The summed E-state index contributed by atoms with van der Waals surface area (Å²) >= 11 is 0. The summed E-state index contributed by atoms with van der Waals surface area (Å²) in [5.74, 6) is 0.170. The highest BCUT2D eigenvalue weighted by Gasteiger charge is 2.24. The molecule has 2 atom stereocenters. The topological polar surface area (TPSA) is 44.4 Å². The Morgan fingerprint density at radius 1 is 1.22 bits per heavy atom. The molecule has 2 fully saturated rings. The molecule has 0 aromatic heterocycles. The van der Waals surface area contributed by atoms with E-state index in [-0.39, 0.29) is 5.91 Å². The van der Waals surface area contributed by atoms with Crippen molar-refractivity contribution in [2.75, 3.05) is 20.1 Å². The van der Waals surface area contributed by atoms with E-state index in [4.69, 9.17) is 0 Å². The van der Waals surface area contributed by atoms with Gasteiger partial charge in [0.05, 0.1) is 6.54 Å². The number of nitrogens with zero attached hydrogens (tertiary/aromatic N) is 1. The second kappa shape index (κ2) is 6.53. The standard InChI is InChI=1S/C14H27N3O/c1-11-9-13(7-8-17(11)2)16-14(18)10-15-12-5-3-4-6-12/h11-13,15H,3-10H2,1-2H3,(H,16,18). The smallest absolute Gasteiger partial charge is 0.234 e. The maximum Gasteiger partial charge on any atom is 0.234 e. The molecule has 1 aliphatic carbocycles. The fraction of sp³-hybridized carbons (Fsp3) is 0.929. The van der Waals surface area contributed by atoms with Crippen LogP contribution in [0.2, 0.25) is 0 Å². The van der Waals surface area contributed by atoms with E-state index in [1.54, 1.807) is 0 Å². The molecule has 0 aromatic carbocycles. The van der Waals surface area contributed by atoms with Crippen LogP contribution in [0.4, 0.5) is 0 Å². The van der Waals surface area contributed by atoms with E-state index in [1.807, 2.05) is 0 Å². The number of hydrogen-bond acceptors (Lipinski definition) is 3. The third-order valence-electron chi connectivity index (χ3n) is 4.48. The molecule has 0 aromatic rings. The molecule has 18 heavy (non-hydrogen) atoms. The van der Waals surface area contributed by atoms with Crippen LogP contribution in [0.3, 0.4) is 0 Å². The zero-order chi connectivity index (χ0) is 13.0. The summed E-state index contributed by atoms with van der Waals surface area (Å²) < 4.78 is 0. The first-order valence-corrected chi connectivity index (χ1v) is 7.38. The minimum Gasteiger partial charge on any atom is -0.352 e. The van der Waals surface area contributed by atoms with Crippen LogP contribution in [-0.2, 0) is 4.79 Å². The summed E-state index contributed by atoms with van der Waals surface area (Å²) in [5, 5.41) is 6.53. The molecule has 4 heteroatoms. The fourth-order valence-electron chi connectivity index (χ4n) is 3.07. The average molecular weight is 253 g/mol. The van der Waals surface area contributed by atoms with Crippen LogP contribution in [0.1, 0.15) is 45.4 Å². The van der Waals surface area contributed by atoms with Crippen molar-refractivity contribution in [2.45, 2.75) is 63.6 Å². The highest BCUT2D eigenvalue weighted by atomic mass is 16.2. The van der Waals surface area contributed by atoms with E-state index in [0.717, 1.165) is 19.4 Å². The van der Waals surface area contributed by atoms with Crippen LogP contribution >= 0.6 is 0 Å². The Labute approximate surface area is 110 Å². The molecule has 4 nitrogen and oxygen atoms in total. The molecule has 2 rings (SSSR count). The first-order chi connectivity index (χ1) is 8.65. The Morgan fingerprint density at radius 3 is 2.61 bits per heavy atom. The second-order valence-corrected chi connectivity index (χ2v) is 5.98. The lowest BCUT2D eigenvalue weighted by atomic mass is 9.99. The number of rotatable bonds is 4. The molecule has 0 bridgehead atoms. The minimum atomic E-state index is 0.170. The predicted octanol–water partition coefficient (Wildman–Crippen LogP) is 1.12. The molecule has 2 N–H and O–H groups in total. The lowest BCUT2D eigenvalue weighted by Crippen LogP contribution is -2.49. The van der Waals surface area contributed by atoms with Gasteiger partial charge in [0.25, 0.3) is 0 Å². The Balaban J connectivity index is 1.64. The Hall–Kier alpha value is -0.610. The lowest BCUT2D eigenvalue weighted by Gasteiger charge is -2.35. The normalized spacial score (nSPS) is 30.6. The summed E-state index contributed by atoms with van der Waals surface area (Å²) in [5.41, 5.74) is 0. The van der Waals surface area contributed by atoms with Gasteiger partial charge in [0.15, 0.2) is 0 Å². The van der Waals surface area contributed by atoms with Crippen LogP contribution < -0.4 is 10.6 Å². The van der Waals surface area contributed by atoms with Crippen LogP contribution in [0.15, 0.2) is 0 Å². The molecule has 2 aliphatic rings. The molecule has 1 aliphatic heterocycles. The van der Waals surface area contributed by atoms with Crippen LogP contribution in [-0.4, -0.2) is 49.1 Å². The van der Waals surface area contributed by atoms with Crippen LogP contribution in [0, 0.1) is 0 Å². The van der Waals surface area contributed by atoms with Crippen molar-refractivity contribution >= 4 is 5.91 Å². The summed E-state index contributed by atoms with van der Waals surface area (Å²) in [4.78, 5) is 14.2. The van der Waals surface area contributed by atoms with Crippen molar-refractivity contribution in [1.29, 1.82) is 0 Å². The number of amides is 1. The van der Waals surface area contributed by atoms with Gasteiger partial charge in [0, 0.05) is 24.7 Å². The maximum absolute atomic E-state index is 11.9. The highest BCUT2D eigenvalue weighted by molar-refractivity contribution is 5.78. The molecule has 0 radical (unpaired) electrons. The van der Waals surface area contributed by atoms with Gasteiger partial charge in [-0.05, 0) is 39.7 Å². The van der Waals surface area contributed by atoms with Gasteiger partial charge in [-0.15, -0.1) is 0 Å². The van der Waals surface area contributed by atoms with E-state index >= 15 is 0 Å². The Bertz CT molecular complexity index is 276. The van der Waals surface area contributed by atoms with E-state index in [2.05, 4.69) is 29.5 Å². The van der Waals surface area contributed by atoms with Crippen LogP contribution in [0.5, 0.6) is 0 Å². The fourth-order valence-corrected chi connectivity index (χ4v) is 3.07. The Kier molecular flexibility index (Phi) is 5.01. The summed E-state index contributed by atoms with van der Waals surface area (Å²) in [6, 6.07) is 1.52. The summed E-state index contributed by atoms with van der Waals surface area (Å²) in [6.07, 6.45) is 7.25. The van der Waals surface area contributed by atoms with E-state index < -0.39 is 0 Å². The molecule has 1 saturated heterocycles. The maximum atomic E-state index is 11.9. The van der Waals surface area contributed by atoms with Crippen molar-refractivity contribution in [1.82, 2.24) is 15.5 Å². The van der Waals surface area contributed by atoms with Gasteiger partial charge >= 0.3 is 0 Å². The first kappa shape index (κ1) is 13.8. The van der Waals surface area contributed by atoms with Gasteiger partial charge in [-0.25, -0.2) is 0 Å². The van der Waals surface area contributed by atoms with E-state index in [0.29, 0.717) is 24.7 Å². The summed E-state index contributed by atoms with van der Waals surface area (Å²) in [6.45, 7) is 3.81. The molecule has 0 spiro atoms.